The monoisotopic (exact) mass is 298 g/mol. The molecular formula is C17H15ClN2O. The highest BCUT2D eigenvalue weighted by molar-refractivity contribution is 6.33. The van der Waals surface area contributed by atoms with Crippen molar-refractivity contribution in [1.29, 1.82) is 5.26 Å². The molecule has 0 fully saturated rings. The molecule has 1 atom stereocenters. The Labute approximate surface area is 129 Å². The van der Waals surface area contributed by atoms with Crippen LogP contribution in [0.2, 0.25) is 5.02 Å². The number of nitriles is 1. The molecule has 0 aliphatic rings. The molecule has 0 radical (unpaired) electrons. The van der Waals surface area contributed by atoms with Gasteiger partial charge in [-0.1, -0.05) is 48.9 Å². The van der Waals surface area contributed by atoms with E-state index >= 15 is 0 Å². The van der Waals surface area contributed by atoms with E-state index in [0.717, 1.165) is 5.56 Å². The Kier molecular flexibility index (Phi) is 4.97. The Bertz CT molecular complexity index is 677. The van der Waals surface area contributed by atoms with Crippen LogP contribution in [0.25, 0.3) is 0 Å². The molecule has 0 aliphatic carbocycles. The predicted molar refractivity (Wildman–Crippen MR) is 84.3 cm³/mol. The van der Waals surface area contributed by atoms with Crippen molar-refractivity contribution in [2.75, 3.05) is 5.32 Å². The van der Waals surface area contributed by atoms with Crippen LogP contribution in [0.3, 0.4) is 0 Å². The molecule has 106 valence electrons. The normalized spacial score (nSPS) is 11.5. The van der Waals surface area contributed by atoms with E-state index in [0.29, 0.717) is 22.7 Å². The van der Waals surface area contributed by atoms with Gasteiger partial charge in [-0.25, -0.2) is 0 Å². The molecule has 1 N–H and O–H groups in total. The Morgan fingerprint density at radius 3 is 2.57 bits per heavy atom. The van der Waals surface area contributed by atoms with Gasteiger partial charge in [0.2, 0.25) is 5.91 Å². The Hall–Kier alpha value is -2.31. The van der Waals surface area contributed by atoms with Gasteiger partial charge >= 0.3 is 0 Å². The number of hydrogen-bond donors (Lipinski definition) is 1. The second-order valence-corrected chi connectivity index (χ2v) is 5.07. The van der Waals surface area contributed by atoms with Crippen molar-refractivity contribution < 1.29 is 4.79 Å². The SMILES string of the molecule is CCC(C(=O)Nc1ccc(C#N)cc1Cl)c1ccccc1. The molecule has 0 bridgehead atoms. The summed E-state index contributed by atoms with van der Waals surface area (Å²) >= 11 is 6.08. The molecule has 3 nitrogen and oxygen atoms in total. The van der Waals surface area contributed by atoms with Crippen LogP contribution in [-0.2, 0) is 4.79 Å². The zero-order valence-electron chi connectivity index (χ0n) is 11.6. The van der Waals surface area contributed by atoms with Crippen molar-refractivity contribution in [2.24, 2.45) is 0 Å². The molecule has 1 amide bonds. The van der Waals surface area contributed by atoms with E-state index in [1.807, 2.05) is 43.3 Å². The Morgan fingerprint density at radius 2 is 2.00 bits per heavy atom. The van der Waals surface area contributed by atoms with Gasteiger partial charge in [0.15, 0.2) is 0 Å². The Balaban J connectivity index is 2.19. The molecule has 2 aromatic carbocycles. The van der Waals surface area contributed by atoms with E-state index in [2.05, 4.69) is 5.32 Å². The first kappa shape index (κ1) is 15.1. The van der Waals surface area contributed by atoms with Crippen molar-refractivity contribution in [3.05, 3.63) is 64.7 Å². The molecule has 4 heteroatoms. The summed E-state index contributed by atoms with van der Waals surface area (Å²) in [7, 11) is 0. The summed E-state index contributed by atoms with van der Waals surface area (Å²) in [5.74, 6) is -0.326. The van der Waals surface area contributed by atoms with E-state index in [-0.39, 0.29) is 11.8 Å². The molecule has 0 aromatic heterocycles. The number of nitrogens with zero attached hydrogens (tertiary/aromatic N) is 1. The van der Waals surface area contributed by atoms with Gasteiger partial charge in [0, 0.05) is 0 Å². The van der Waals surface area contributed by atoms with E-state index in [1.165, 1.54) is 0 Å². The lowest BCUT2D eigenvalue weighted by Gasteiger charge is -2.16. The van der Waals surface area contributed by atoms with E-state index in [9.17, 15) is 4.79 Å². The molecule has 0 saturated carbocycles. The summed E-state index contributed by atoms with van der Waals surface area (Å²) in [4.78, 5) is 12.4. The minimum Gasteiger partial charge on any atom is -0.324 e. The Morgan fingerprint density at radius 1 is 1.29 bits per heavy atom. The maximum atomic E-state index is 12.4. The van der Waals surface area contributed by atoms with Gasteiger partial charge in [0.05, 0.1) is 28.3 Å². The molecular weight excluding hydrogens is 284 g/mol. The fraction of sp³-hybridized carbons (Fsp3) is 0.176. The standard InChI is InChI=1S/C17H15ClN2O/c1-2-14(13-6-4-3-5-7-13)17(21)20-16-9-8-12(11-19)10-15(16)18/h3-10,14H,2H2,1H3,(H,20,21). The number of hydrogen-bond acceptors (Lipinski definition) is 2. The third-order valence-electron chi connectivity index (χ3n) is 3.28. The number of nitrogens with one attached hydrogen (secondary N) is 1. The highest BCUT2D eigenvalue weighted by Crippen LogP contribution is 2.26. The van der Waals surface area contributed by atoms with E-state index in [1.54, 1.807) is 18.2 Å². The molecule has 0 aliphatic heterocycles. The highest BCUT2D eigenvalue weighted by Gasteiger charge is 2.19. The molecule has 0 heterocycles. The second kappa shape index (κ2) is 6.92. The summed E-state index contributed by atoms with van der Waals surface area (Å²) in [6, 6.07) is 16.5. The molecule has 1 unspecified atom stereocenters. The van der Waals surface area contributed by atoms with Crippen LogP contribution in [0, 0.1) is 11.3 Å². The summed E-state index contributed by atoms with van der Waals surface area (Å²) in [6.45, 7) is 1.97. The topological polar surface area (TPSA) is 52.9 Å². The number of carbonyl (C=O) groups excluding carboxylic acids is 1. The van der Waals surface area contributed by atoms with Gasteiger partial charge in [0.25, 0.3) is 0 Å². The molecule has 2 aromatic rings. The largest absolute Gasteiger partial charge is 0.324 e. The lowest BCUT2D eigenvalue weighted by atomic mass is 9.95. The first-order valence-electron chi connectivity index (χ1n) is 6.71. The van der Waals surface area contributed by atoms with Crippen molar-refractivity contribution >= 4 is 23.2 Å². The second-order valence-electron chi connectivity index (χ2n) is 4.67. The lowest BCUT2D eigenvalue weighted by molar-refractivity contribution is -0.117. The van der Waals surface area contributed by atoms with Crippen molar-refractivity contribution in [1.82, 2.24) is 0 Å². The van der Waals surface area contributed by atoms with Crippen LogP contribution in [0.1, 0.15) is 30.4 Å². The van der Waals surface area contributed by atoms with E-state index in [4.69, 9.17) is 16.9 Å². The summed E-state index contributed by atoms with van der Waals surface area (Å²) < 4.78 is 0. The first-order valence-corrected chi connectivity index (χ1v) is 7.09. The predicted octanol–water partition coefficient (Wildman–Crippen LogP) is 4.34. The fourth-order valence-electron chi connectivity index (χ4n) is 2.16. The highest BCUT2D eigenvalue weighted by atomic mass is 35.5. The van der Waals surface area contributed by atoms with Crippen LogP contribution in [0.15, 0.2) is 48.5 Å². The average molecular weight is 299 g/mol. The van der Waals surface area contributed by atoms with Gasteiger partial charge < -0.3 is 5.32 Å². The molecule has 2 rings (SSSR count). The fourth-order valence-corrected chi connectivity index (χ4v) is 2.39. The van der Waals surface area contributed by atoms with Crippen molar-refractivity contribution in [3.8, 4) is 6.07 Å². The number of carbonyl (C=O) groups is 1. The quantitative estimate of drug-likeness (QED) is 0.912. The van der Waals surface area contributed by atoms with Gasteiger partial charge in [-0.2, -0.15) is 5.26 Å². The van der Waals surface area contributed by atoms with Crippen LogP contribution in [-0.4, -0.2) is 5.91 Å². The number of rotatable bonds is 4. The maximum Gasteiger partial charge on any atom is 0.231 e. The maximum absolute atomic E-state index is 12.4. The third kappa shape index (κ3) is 3.62. The van der Waals surface area contributed by atoms with Crippen LogP contribution < -0.4 is 5.32 Å². The van der Waals surface area contributed by atoms with Crippen LogP contribution in [0.5, 0.6) is 0 Å². The summed E-state index contributed by atoms with van der Waals surface area (Å²) in [5.41, 5.74) is 1.96. The average Bonchev–Trinajstić information content (AvgIpc) is 2.51. The van der Waals surface area contributed by atoms with Crippen LogP contribution >= 0.6 is 11.6 Å². The van der Waals surface area contributed by atoms with Gasteiger partial charge in [-0.3, -0.25) is 4.79 Å². The summed E-state index contributed by atoms with van der Waals surface area (Å²) in [6.07, 6.45) is 0.698. The number of benzene rings is 2. The van der Waals surface area contributed by atoms with Crippen molar-refractivity contribution in [3.63, 3.8) is 0 Å². The van der Waals surface area contributed by atoms with Crippen LogP contribution in [0.4, 0.5) is 5.69 Å². The molecule has 21 heavy (non-hydrogen) atoms. The number of halogens is 1. The lowest BCUT2D eigenvalue weighted by Crippen LogP contribution is -2.20. The van der Waals surface area contributed by atoms with Gasteiger partial charge in [0.1, 0.15) is 0 Å². The third-order valence-corrected chi connectivity index (χ3v) is 3.60. The smallest absolute Gasteiger partial charge is 0.231 e. The number of amides is 1. The van der Waals surface area contributed by atoms with Crippen molar-refractivity contribution in [2.45, 2.75) is 19.3 Å². The van der Waals surface area contributed by atoms with Gasteiger partial charge in [-0.15, -0.1) is 0 Å². The van der Waals surface area contributed by atoms with Gasteiger partial charge in [-0.05, 0) is 30.2 Å². The summed E-state index contributed by atoms with van der Waals surface area (Å²) in [5, 5.41) is 12.0. The molecule has 0 saturated heterocycles. The minimum atomic E-state index is -0.224. The zero-order chi connectivity index (χ0) is 15.2. The number of anilines is 1. The molecule has 0 spiro atoms. The first-order chi connectivity index (χ1) is 10.2. The minimum absolute atomic E-state index is 0.102. The zero-order valence-corrected chi connectivity index (χ0v) is 12.4. The van der Waals surface area contributed by atoms with E-state index < -0.39 is 0 Å².